The number of fused-ring (bicyclic) bond motifs is 1. The standard InChI is InChI=1S/C18H18FN3O2/c1-11(7-16(23)12-5-3-2-4-6-12)22-18(24)14-8-13(19)9-15-17(14)21-10-20-15/h2-6,8-11,16,23H,7H2,1H3,(H,20,21)(H,22,24)/t11-,16+/m0/s1. The van der Waals surface area contributed by atoms with E-state index in [2.05, 4.69) is 15.3 Å². The number of hydrogen-bond acceptors (Lipinski definition) is 3. The molecule has 0 unspecified atom stereocenters. The minimum atomic E-state index is -0.681. The highest BCUT2D eigenvalue weighted by molar-refractivity contribution is 6.04. The number of aromatic nitrogens is 2. The number of aliphatic hydroxyl groups is 1. The predicted octanol–water partition coefficient (Wildman–Crippen LogP) is 2.94. The summed E-state index contributed by atoms with van der Waals surface area (Å²) < 4.78 is 13.6. The van der Waals surface area contributed by atoms with Gasteiger partial charge in [-0.05, 0) is 31.0 Å². The Morgan fingerprint density at radius 3 is 2.83 bits per heavy atom. The zero-order chi connectivity index (χ0) is 17.1. The molecule has 3 rings (SSSR count). The summed E-state index contributed by atoms with van der Waals surface area (Å²) in [5, 5.41) is 13.0. The molecule has 0 radical (unpaired) electrons. The van der Waals surface area contributed by atoms with Crippen LogP contribution in [0.5, 0.6) is 0 Å². The van der Waals surface area contributed by atoms with E-state index in [-0.39, 0.29) is 11.6 Å². The molecule has 0 bridgehead atoms. The summed E-state index contributed by atoms with van der Waals surface area (Å²) in [4.78, 5) is 19.3. The van der Waals surface area contributed by atoms with Gasteiger partial charge in [0.25, 0.3) is 5.91 Å². The van der Waals surface area contributed by atoms with E-state index in [1.165, 1.54) is 18.5 Å². The number of H-pyrrole nitrogens is 1. The maximum atomic E-state index is 13.6. The lowest BCUT2D eigenvalue weighted by Gasteiger charge is -2.18. The minimum Gasteiger partial charge on any atom is -0.388 e. The van der Waals surface area contributed by atoms with Crippen molar-refractivity contribution in [1.82, 2.24) is 15.3 Å². The molecule has 1 aromatic heterocycles. The summed E-state index contributed by atoms with van der Waals surface area (Å²) in [5.74, 6) is -0.923. The van der Waals surface area contributed by atoms with Crippen molar-refractivity contribution < 1.29 is 14.3 Å². The Morgan fingerprint density at radius 1 is 1.33 bits per heavy atom. The van der Waals surface area contributed by atoms with Gasteiger partial charge in [0.05, 0.1) is 23.5 Å². The second kappa shape index (κ2) is 6.80. The van der Waals surface area contributed by atoms with Gasteiger partial charge in [0.1, 0.15) is 11.3 Å². The summed E-state index contributed by atoms with van der Waals surface area (Å²) in [7, 11) is 0. The highest BCUT2D eigenvalue weighted by Gasteiger charge is 2.18. The van der Waals surface area contributed by atoms with E-state index in [4.69, 9.17) is 0 Å². The maximum Gasteiger partial charge on any atom is 0.253 e. The molecule has 0 saturated carbocycles. The number of rotatable bonds is 5. The van der Waals surface area contributed by atoms with E-state index >= 15 is 0 Å². The van der Waals surface area contributed by atoms with Gasteiger partial charge in [-0.3, -0.25) is 4.79 Å². The first-order valence-corrected chi connectivity index (χ1v) is 7.71. The summed E-state index contributed by atoms with van der Waals surface area (Å²) in [5.41, 5.74) is 1.85. The second-order valence-corrected chi connectivity index (χ2v) is 5.79. The largest absolute Gasteiger partial charge is 0.388 e. The quantitative estimate of drug-likeness (QED) is 0.674. The van der Waals surface area contributed by atoms with Gasteiger partial charge in [-0.15, -0.1) is 0 Å². The van der Waals surface area contributed by atoms with E-state index in [9.17, 15) is 14.3 Å². The lowest BCUT2D eigenvalue weighted by atomic mass is 10.0. The van der Waals surface area contributed by atoms with Gasteiger partial charge in [-0.1, -0.05) is 30.3 Å². The first-order chi connectivity index (χ1) is 11.5. The third kappa shape index (κ3) is 3.44. The van der Waals surface area contributed by atoms with Crippen molar-refractivity contribution in [3.63, 3.8) is 0 Å². The van der Waals surface area contributed by atoms with Crippen molar-refractivity contribution >= 4 is 16.9 Å². The van der Waals surface area contributed by atoms with Gasteiger partial charge in [-0.25, -0.2) is 9.37 Å². The normalized spacial score (nSPS) is 13.6. The minimum absolute atomic E-state index is 0.173. The van der Waals surface area contributed by atoms with Crippen LogP contribution in [0.4, 0.5) is 4.39 Å². The molecule has 0 saturated heterocycles. The molecule has 2 aromatic carbocycles. The Bertz CT molecular complexity index is 848. The third-order valence-electron chi connectivity index (χ3n) is 3.87. The lowest BCUT2D eigenvalue weighted by molar-refractivity contribution is 0.0918. The molecule has 2 atom stereocenters. The lowest BCUT2D eigenvalue weighted by Crippen LogP contribution is -2.34. The van der Waals surface area contributed by atoms with Gasteiger partial charge in [0.2, 0.25) is 0 Å². The van der Waals surface area contributed by atoms with Crippen LogP contribution >= 0.6 is 0 Å². The Balaban J connectivity index is 1.71. The molecule has 5 nitrogen and oxygen atoms in total. The van der Waals surface area contributed by atoms with Gasteiger partial charge < -0.3 is 15.4 Å². The third-order valence-corrected chi connectivity index (χ3v) is 3.87. The van der Waals surface area contributed by atoms with Crippen LogP contribution < -0.4 is 5.32 Å². The Kier molecular flexibility index (Phi) is 4.57. The van der Waals surface area contributed by atoms with Gasteiger partial charge in [-0.2, -0.15) is 0 Å². The highest BCUT2D eigenvalue weighted by atomic mass is 19.1. The van der Waals surface area contributed by atoms with Gasteiger partial charge >= 0.3 is 0 Å². The van der Waals surface area contributed by atoms with Crippen molar-refractivity contribution in [3.8, 4) is 0 Å². The van der Waals surface area contributed by atoms with Crippen LogP contribution in [0.25, 0.3) is 11.0 Å². The fraction of sp³-hybridized carbons (Fsp3) is 0.222. The van der Waals surface area contributed by atoms with Crippen LogP contribution in [-0.2, 0) is 0 Å². The zero-order valence-corrected chi connectivity index (χ0v) is 13.2. The summed E-state index contributed by atoms with van der Waals surface area (Å²) in [6.07, 6.45) is 1.09. The molecule has 1 amide bonds. The Labute approximate surface area is 138 Å². The molecule has 124 valence electrons. The number of nitrogens with zero attached hydrogens (tertiary/aromatic N) is 1. The molecule has 0 fully saturated rings. The van der Waals surface area contributed by atoms with Crippen molar-refractivity contribution in [2.45, 2.75) is 25.5 Å². The highest BCUT2D eigenvalue weighted by Crippen LogP contribution is 2.20. The Hall–Kier alpha value is -2.73. The number of aromatic amines is 1. The van der Waals surface area contributed by atoms with Crippen LogP contribution in [0.3, 0.4) is 0 Å². The van der Waals surface area contributed by atoms with Crippen molar-refractivity contribution in [3.05, 3.63) is 65.7 Å². The predicted molar refractivity (Wildman–Crippen MR) is 89.0 cm³/mol. The molecule has 6 heteroatoms. The smallest absolute Gasteiger partial charge is 0.253 e. The number of aliphatic hydroxyl groups excluding tert-OH is 1. The van der Waals surface area contributed by atoms with E-state index in [1.807, 2.05) is 30.3 Å². The Morgan fingerprint density at radius 2 is 2.08 bits per heavy atom. The molecule has 3 N–H and O–H groups in total. The van der Waals surface area contributed by atoms with Crippen LogP contribution in [0.1, 0.15) is 35.4 Å². The molecule has 1 heterocycles. The fourth-order valence-electron chi connectivity index (χ4n) is 2.69. The number of amides is 1. The maximum absolute atomic E-state index is 13.6. The van der Waals surface area contributed by atoms with Crippen LogP contribution in [-0.4, -0.2) is 27.0 Å². The average Bonchev–Trinajstić information content (AvgIpc) is 3.02. The molecular weight excluding hydrogens is 309 g/mol. The van der Waals surface area contributed by atoms with E-state index in [0.29, 0.717) is 17.5 Å². The van der Waals surface area contributed by atoms with Gasteiger partial charge in [0, 0.05) is 6.04 Å². The van der Waals surface area contributed by atoms with Crippen LogP contribution in [0, 0.1) is 5.82 Å². The molecule has 0 aliphatic rings. The molecule has 0 aliphatic carbocycles. The van der Waals surface area contributed by atoms with E-state index in [1.54, 1.807) is 6.92 Å². The number of carbonyl (C=O) groups is 1. The topological polar surface area (TPSA) is 78.0 Å². The van der Waals surface area contributed by atoms with Gasteiger partial charge in [0.15, 0.2) is 0 Å². The monoisotopic (exact) mass is 327 g/mol. The zero-order valence-electron chi connectivity index (χ0n) is 13.2. The van der Waals surface area contributed by atoms with E-state index in [0.717, 1.165) is 5.56 Å². The number of carbonyl (C=O) groups excluding carboxylic acids is 1. The summed E-state index contributed by atoms with van der Waals surface area (Å²) in [6, 6.07) is 11.4. The first kappa shape index (κ1) is 16.1. The van der Waals surface area contributed by atoms with Crippen molar-refractivity contribution in [2.24, 2.45) is 0 Å². The van der Waals surface area contributed by atoms with E-state index < -0.39 is 17.8 Å². The number of hydrogen-bond donors (Lipinski definition) is 3. The molecule has 0 aliphatic heterocycles. The number of imidazole rings is 1. The fourth-order valence-corrected chi connectivity index (χ4v) is 2.69. The molecular formula is C18H18FN3O2. The van der Waals surface area contributed by atoms with Crippen LogP contribution in [0.2, 0.25) is 0 Å². The number of nitrogens with one attached hydrogen (secondary N) is 2. The van der Waals surface area contributed by atoms with Crippen molar-refractivity contribution in [1.29, 1.82) is 0 Å². The summed E-state index contributed by atoms with van der Waals surface area (Å²) >= 11 is 0. The first-order valence-electron chi connectivity index (χ1n) is 7.71. The SMILES string of the molecule is C[C@@H](C[C@@H](O)c1ccccc1)NC(=O)c1cc(F)cc2[nH]cnc12. The summed E-state index contributed by atoms with van der Waals surface area (Å²) in [6.45, 7) is 1.80. The van der Waals surface area contributed by atoms with Crippen LogP contribution in [0.15, 0.2) is 48.8 Å². The number of benzene rings is 2. The molecule has 24 heavy (non-hydrogen) atoms. The number of halogens is 1. The second-order valence-electron chi connectivity index (χ2n) is 5.79. The molecule has 0 spiro atoms. The molecule has 3 aromatic rings. The van der Waals surface area contributed by atoms with Crippen molar-refractivity contribution in [2.75, 3.05) is 0 Å². The average molecular weight is 327 g/mol.